The molecule has 9 atom stereocenters. The van der Waals surface area contributed by atoms with E-state index in [2.05, 4.69) is 13.8 Å². The summed E-state index contributed by atoms with van der Waals surface area (Å²) in [4.78, 5) is 12.4. The van der Waals surface area contributed by atoms with Crippen LogP contribution >= 0.6 is 0 Å². The minimum absolute atomic E-state index is 0.229. The van der Waals surface area contributed by atoms with Crippen LogP contribution in [0.2, 0.25) is 0 Å². The Labute approximate surface area is 132 Å². The van der Waals surface area contributed by atoms with E-state index in [9.17, 15) is 9.90 Å². The molecule has 4 aliphatic carbocycles. The summed E-state index contributed by atoms with van der Waals surface area (Å²) in [5.41, 5.74) is -0.00989. The van der Waals surface area contributed by atoms with E-state index in [0.717, 1.165) is 19.3 Å². The van der Waals surface area contributed by atoms with Gasteiger partial charge in [-0.05, 0) is 67.6 Å². The van der Waals surface area contributed by atoms with Crippen molar-refractivity contribution in [1.29, 1.82) is 0 Å². The van der Waals surface area contributed by atoms with Gasteiger partial charge in [0.2, 0.25) is 0 Å². The van der Waals surface area contributed by atoms with E-state index in [-0.39, 0.29) is 16.9 Å². The monoisotopic (exact) mass is 304 g/mol. The first kappa shape index (κ1) is 14.0. The van der Waals surface area contributed by atoms with Gasteiger partial charge >= 0.3 is 0 Å². The fourth-order valence-electron chi connectivity index (χ4n) is 7.42. The number of hydrogen-bond donors (Lipinski definition) is 1. The molecule has 0 spiro atoms. The molecule has 1 unspecified atom stereocenters. The molecule has 0 aromatic rings. The van der Waals surface area contributed by atoms with Crippen LogP contribution in [0.15, 0.2) is 0 Å². The number of aliphatic hydroxyl groups is 1. The highest BCUT2D eigenvalue weighted by Gasteiger charge is 2.65. The second-order valence-corrected chi connectivity index (χ2v) is 9.38. The second kappa shape index (κ2) is 4.16. The van der Waals surface area contributed by atoms with Crippen LogP contribution in [-0.2, 0) is 9.53 Å². The zero-order chi connectivity index (χ0) is 15.3. The summed E-state index contributed by atoms with van der Waals surface area (Å²) in [6, 6.07) is 0. The summed E-state index contributed by atoms with van der Waals surface area (Å²) in [5, 5.41) is 11.0. The highest BCUT2D eigenvalue weighted by molar-refractivity contribution is 5.87. The van der Waals surface area contributed by atoms with Crippen LogP contribution in [0.5, 0.6) is 0 Å². The smallest absolute Gasteiger partial charge is 0.139 e. The fourth-order valence-corrected chi connectivity index (χ4v) is 7.42. The van der Waals surface area contributed by atoms with E-state index in [0.29, 0.717) is 48.1 Å². The summed E-state index contributed by atoms with van der Waals surface area (Å²) in [6.07, 6.45) is 8.03. The molecule has 122 valence electrons. The van der Waals surface area contributed by atoms with Crippen molar-refractivity contribution in [2.24, 2.45) is 34.5 Å². The Kier molecular flexibility index (Phi) is 2.64. The number of carbonyl (C=O) groups is 1. The van der Waals surface area contributed by atoms with Crippen LogP contribution in [0, 0.1) is 34.5 Å². The predicted octanol–water partition coefficient (Wildman–Crippen LogP) is 2.95. The zero-order valence-electron chi connectivity index (χ0n) is 13.8. The van der Waals surface area contributed by atoms with Crippen molar-refractivity contribution in [2.45, 2.75) is 77.1 Å². The SMILES string of the molecule is C[C@]12C[C@H]3O[C@H]3C[C@@H]1CCC1[C@@H]2[C@@H](O)C[C@]2(C)C(=O)CC[C@@H]12. The number of ether oxygens (including phenoxy) is 1. The van der Waals surface area contributed by atoms with Crippen molar-refractivity contribution < 1.29 is 14.6 Å². The molecule has 0 aromatic carbocycles. The third-order valence-corrected chi connectivity index (χ3v) is 8.55. The lowest BCUT2D eigenvalue weighted by Crippen LogP contribution is -2.59. The lowest BCUT2D eigenvalue weighted by atomic mass is 9.44. The molecule has 0 radical (unpaired) electrons. The van der Waals surface area contributed by atoms with E-state index < -0.39 is 0 Å². The number of hydrogen-bond acceptors (Lipinski definition) is 3. The summed E-state index contributed by atoms with van der Waals surface area (Å²) < 4.78 is 5.84. The minimum atomic E-state index is -0.295. The zero-order valence-corrected chi connectivity index (χ0v) is 13.8. The molecule has 1 aliphatic heterocycles. The molecule has 5 rings (SSSR count). The van der Waals surface area contributed by atoms with E-state index in [1.165, 1.54) is 19.3 Å². The Hall–Kier alpha value is -0.410. The van der Waals surface area contributed by atoms with E-state index in [1.54, 1.807) is 0 Å². The van der Waals surface area contributed by atoms with Crippen LogP contribution in [0.4, 0.5) is 0 Å². The highest BCUT2D eigenvalue weighted by atomic mass is 16.6. The maximum absolute atomic E-state index is 12.4. The van der Waals surface area contributed by atoms with Gasteiger partial charge in [0.05, 0.1) is 18.3 Å². The quantitative estimate of drug-likeness (QED) is 0.700. The molecule has 1 N–H and O–H groups in total. The Balaban J connectivity index is 1.53. The van der Waals surface area contributed by atoms with E-state index in [4.69, 9.17) is 4.74 Å². The molecular weight excluding hydrogens is 276 g/mol. The molecule has 4 saturated carbocycles. The number of carbonyl (C=O) groups excluding carboxylic acids is 1. The van der Waals surface area contributed by atoms with Gasteiger partial charge in [-0.2, -0.15) is 0 Å². The second-order valence-electron chi connectivity index (χ2n) is 9.38. The van der Waals surface area contributed by atoms with Gasteiger partial charge in [-0.25, -0.2) is 0 Å². The summed E-state index contributed by atoms with van der Waals surface area (Å²) in [6.45, 7) is 4.57. The number of fused-ring (bicyclic) bond motifs is 6. The van der Waals surface area contributed by atoms with Gasteiger partial charge in [-0.15, -0.1) is 0 Å². The molecule has 0 bridgehead atoms. The van der Waals surface area contributed by atoms with Gasteiger partial charge in [0.15, 0.2) is 0 Å². The molecule has 3 heteroatoms. The fraction of sp³-hybridized carbons (Fsp3) is 0.947. The van der Waals surface area contributed by atoms with Crippen molar-refractivity contribution in [3.05, 3.63) is 0 Å². The summed E-state index contributed by atoms with van der Waals surface area (Å²) in [5.74, 6) is 2.59. The van der Waals surface area contributed by atoms with Gasteiger partial charge in [-0.1, -0.05) is 13.8 Å². The first-order valence-corrected chi connectivity index (χ1v) is 9.30. The van der Waals surface area contributed by atoms with Crippen molar-refractivity contribution in [2.75, 3.05) is 0 Å². The maximum atomic E-state index is 12.4. The van der Waals surface area contributed by atoms with Gasteiger partial charge in [0.25, 0.3) is 0 Å². The Bertz CT molecular complexity index is 531. The lowest BCUT2D eigenvalue weighted by molar-refractivity contribution is -0.166. The number of epoxide rings is 1. The standard InChI is InChI=1S/C19H28O3/c1-18-9-15-14(22-15)7-10(18)3-4-11-12-5-6-16(21)19(12,2)8-13(20)17(11)18/h10-15,17,20H,3-9H2,1-2H3/t10-,11?,12-,13-,14-,15+,17+,18-,19-/m0/s1. The highest BCUT2D eigenvalue weighted by Crippen LogP contribution is 2.67. The topological polar surface area (TPSA) is 49.8 Å². The van der Waals surface area contributed by atoms with Crippen LogP contribution in [0.1, 0.15) is 58.8 Å². The summed E-state index contributed by atoms with van der Waals surface area (Å²) >= 11 is 0. The first-order chi connectivity index (χ1) is 10.4. The van der Waals surface area contributed by atoms with Crippen LogP contribution in [0.25, 0.3) is 0 Å². The van der Waals surface area contributed by atoms with Crippen molar-refractivity contribution in [3.63, 3.8) is 0 Å². The number of rotatable bonds is 0. The van der Waals surface area contributed by atoms with Crippen LogP contribution < -0.4 is 0 Å². The van der Waals surface area contributed by atoms with Crippen molar-refractivity contribution in [1.82, 2.24) is 0 Å². The average Bonchev–Trinajstić information content (AvgIpc) is 3.12. The lowest BCUT2D eigenvalue weighted by Gasteiger charge is -2.60. The largest absolute Gasteiger partial charge is 0.393 e. The van der Waals surface area contributed by atoms with Gasteiger partial charge in [0.1, 0.15) is 5.78 Å². The summed E-state index contributed by atoms with van der Waals surface area (Å²) in [7, 11) is 0. The molecule has 1 heterocycles. The van der Waals surface area contributed by atoms with Crippen LogP contribution in [-0.4, -0.2) is 29.2 Å². The van der Waals surface area contributed by atoms with Crippen LogP contribution in [0.3, 0.4) is 0 Å². The molecule has 0 amide bonds. The third-order valence-electron chi connectivity index (χ3n) is 8.55. The van der Waals surface area contributed by atoms with Gasteiger partial charge in [-0.3, -0.25) is 4.79 Å². The number of Topliss-reactive ketones (excluding diaryl/α,β-unsaturated/α-hetero) is 1. The normalized spacial score (nSPS) is 62.7. The molecule has 5 aliphatic rings. The Morgan fingerprint density at radius 1 is 1.14 bits per heavy atom. The number of ketones is 1. The van der Waals surface area contributed by atoms with Crippen molar-refractivity contribution >= 4 is 5.78 Å². The molecule has 0 aromatic heterocycles. The molecule has 5 fully saturated rings. The van der Waals surface area contributed by atoms with Crippen molar-refractivity contribution in [3.8, 4) is 0 Å². The molecule has 3 nitrogen and oxygen atoms in total. The number of aliphatic hydroxyl groups excluding tert-OH is 1. The van der Waals surface area contributed by atoms with Gasteiger partial charge < -0.3 is 9.84 Å². The third kappa shape index (κ3) is 1.57. The van der Waals surface area contributed by atoms with E-state index >= 15 is 0 Å². The first-order valence-electron chi connectivity index (χ1n) is 9.30. The Morgan fingerprint density at radius 3 is 2.77 bits per heavy atom. The van der Waals surface area contributed by atoms with E-state index in [1.807, 2.05) is 0 Å². The maximum Gasteiger partial charge on any atom is 0.139 e. The average molecular weight is 304 g/mol. The predicted molar refractivity (Wildman–Crippen MR) is 82.2 cm³/mol. The Morgan fingerprint density at radius 2 is 1.95 bits per heavy atom. The molecule has 1 saturated heterocycles. The molecule has 22 heavy (non-hydrogen) atoms. The molecular formula is C19H28O3. The minimum Gasteiger partial charge on any atom is -0.393 e. The van der Waals surface area contributed by atoms with Gasteiger partial charge in [0, 0.05) is 11.8 Å².